The third-order valence-electron chi connectivity index (χ3n) is 3.28. The highest BCUT2D eigenvalue weighted by Crippen LogP contribution is 2.16. The van der Waals surface area contributed by atoms with Gasteiger partial charge in [-0.25, -0.2) is 13.2 Å². The molecule has 0 N–H and O–H groups in total. The lowest BCUT2D eigenvalue weighted by molar-refractivity contribution is 0.0549. The van der Waals surface area contributed by atoms with Gasteiger partial charge >= 0.3 is 5.97 Å². The molecule has 2 aromatic carbocycles. The lowest BCUT2D eigenvalue weighted by atomic mass is 10.1. The minimum Gasteiger partial charge on any atom is -0.458 e. The number of rotatable bonds is 5. The Labute approximate surface area is 136 Å². The number of aryl methyl sites for hydroxylation is 1. The molecule has 0 saturated carbocycles. The van der Waals surface area contributed by atoms with E-state index < -0.39 is 15.8 Å². The van der Waals surface area contributed by atoms with Crippen molar-refractivity contribution < 1.29 is 17.9 Å². The van der Waals surface area contributed by atoms with Gasteiger partial charge in [-0.1, -0.05) is 42.5 Å². The third kappa shape index (κ3) is 4.79. The van der Waals surface area contributed by atoms with Crippen LogP contribution in [0.5, 0.6) is 0 Å². The van der Waals surface area contributed by atoms with E-state index in [1.54, 1.807) is 19.1 Å². The van der Waals surface area contributed by atoms with Gasteiger partial charge in [-0.3, -0.25) is 0 Å². The quantitative estimate of drug-likeness (QED) is 0.790. The van der Waals surface area contributed by atoms with Gasteiger partial charge in [-0.2, -0.15) is 0 Å². The molecule has 0 radical (unpaired) electrons. The van der Waals surface area contributed by atoms with Crippen molar-refractivity contribution in [1.29, 1.82) is 0 Å². The Kier molecular flexibility index (Phi) is 5.34. The van der Waals surface area contributed by atoms with E-state index in [2.05, 4.69) is 0 Å². The van der Waals surface area contributed by atoms with Crippen molar-refractivity contribution >= 4 is 21.9 Å². The maximum atomic E-state index is 12.1. The maximum Gasteiger partial charge on any atom is 0.338 e. The van der Waals surface area contributed by atoms with Gasteiger partial charge in [0.15, 0.2) is 9.84 Å². The fourth-order valence-corrected chi connectivity index (χ4v) is 2.65. The van der Waals surface area contributed by atoms with Crippen LogP contribution in [-0.4, -0.2) is 27.2 Å². The van der Waals surface area contributed by atoms with Crippen molar-refractivity contribution in [3.05, 3.63) is 71.3 Å². The number of ether oxygens (including phenoxy) is 1. The number of hydrogen-bond acceptors (Lipinski definition) is 4. The zero-order valence-electron chi connectivity index (χ0n) is 13.0. The summed E-state index contributed by atoms with van der Waals surface area (Å²) in [5.74, 6) is -0.536. The molecule has 0 atom stereocenters. The van der Waals surface area contributed by atoms with Gasteiger partial charge in [-0.15, -0.1) is 0 Å². The van der Waals surface area contributed by atoms with Crippen LogP contribution in [0.4, 0.5) is 0 Å². The summed E-state index contributed by atoms with van der Waals surface area (Å²) in [5, 5.41) is 0. The molecule has 0 aliphatic rings. The fourth-order valence-electron chi connectivity index (χ4n) is 2.00. The standard InChI is InChI=1S/C18H18O4S/c1-14-10-11-16(23(2,20)21)13-17(14)18(19)22-12-6-9-15-7-4-3-5-8-15/h3-11,13H,12H2,1-2H3/b9-6+. The lowest BCUT2D eigenvalue weighted by Crippen LogP contribution is -2.09. The summed E-state index contributed by atoms with van der Waals surface area (Å²) in [7, 11) is -3.36. The zero-order chi connectivity index (χ0) is 16.9. The molecule has 23 heavy (non-hydrogen) atoms. The van der Waals surface area contributed by atoms with Crippen LogP contribution in [-0.2, 0) is 14.6 Å². The second kappa shape index (κ2) is 7.24. The first-order chi connectivity index (χ1) is 10.9. The molecule has 0 heterocycles. The van der Waals surface area contributed by atoms with Crippen LogP contribution in [0.25, 0.3) is 6.08 Å². The third-order valence-corrected chi connectivity index (χ3v) is 4.39. The molecular weight excluding hydrogens is 312 g/mol. The molecule has 0 amide bonds. The van der Waals surface area contributed by atoms with Crippen molar-refractivity contribution in [2.75, 3.05) is 12.9 Å². The van der Waals surface area contributed by atoms with Crippen LogP contribution >= 0.6 is 0 Å². The highest BCUT2D eigenvalue weighted by molar-refractivity contribution is 7.90. The van der Waals surface area contributed by atoms with Crippen molar-refractivity contribution in [2.24, 2.45) is 0 Å². The Morgan fingerprint density at radius 2 is 1.83 bits per heavy atom. The largest absolute Gasteiger partial charge is 0.458 e. The molecule has 0 fully saturated rings. The van der Waals surface area contributed by atoms with Gasteiger partial charge < -0.3 is 4.74 Å². The monoisotopic (exact) mass is 330 g/mol. The van der Waals surface area contributed by atoms with Crippen molar-refractivity contribution in [2.45, 2.75) is 11.8 Å². The van der Waals surface area contributed by atoms with Gasteiger partial charge in [0.05, 0.1) is 10.5 Å². The van der Waals surface area contributed by atoms with E-state index in [4.69, 9.17) is 4.74 Å². The van der Waals surface area contributed by atoms with Crippen molar-refractivity contribution in [1.82, 2.24) is 0 Å². The number of hydrogen-bond donors (Lipinski definition) is 0. The molecule has 2 aromatic rings. The molecule has 4 nitrogen and oxygen atoms in total. The predicted octanol–water partition coefficient (Wildman–Crippen LogP) is 3.27. The Morgan fingerprint density at radius 1 is 1.13 bits per heavy atom. The van der Waals surface area contributed by atoms with E-state index in [-0.39, 0.29) is 17.1 Å². The van der Waals surface area contributed by atoms with Crippen LogP contribution in [0.2, 0.25) is 0 Å². The number of benzene rings is 2. The van der Waals surface area contributed by atoms with E-state index in [0.717, 1.165) is 11.8 Å². The molecule has 2 rings (SSSR count). The Balaban J connectivity index is 2.05. The van der Waals surface area contributed by atoms with E-state index in [9.17, 15) is 13.2 Å². The minimum atomic E-state index is -3.36. The van der Waals surface area contributed by atoms with Crippen LogP contribution in [0.1, 0.15) is 21.5 Å². The van der Waals surface area contributed by atoms with Gasteiger partial charge in [0, 0.05) is 6.26 Å². The Bertz CT molecular complexity index is 821. The van der Waals surface area contributed by atoms with Crippen LogP contribution in [0, 0.1) is 6.92 Å². The molecule has 0 bridgehead atoms. The molecule has 0 spiro atoms. The number of carbonyl (C=O) groups is 1. The molecule has 5 heteroatoms. The molecule has 0 aromatic heterocycles. The van der Waals surface area contributed by atoms with E-state index in [0.29, 0.717) is 5.56 Å². The SMILES string of the molecule is Cc1ccc(S(C)(=O)=O)cc1C(=O)OC/C=C/c1ccccc1. The number of esters is 1. The van der Waals surface area contributed by atoms with E-state index in [1.807, 2.05) is 36.4 Å². The maximum absolute atomic E-state index is 12.1. The molecule has 120 valence electrons. The Morgan fingerprint density at radius 3 is 2.48 bits per heavy atom. The minimum absolute atomic E-state index is 0.106. The van der Waals surface area contributed by atoms with Crippen LogP contribution in [0.15, 0.2) is 59.5 Å². The fraction of sp³-hybridized carbons (Fsp3) is 0.167. The summed E-state index contributed by atoms with van der Waals surface area (Å²) in [6.07, 6.45) is 4.70. The first-order valence-electron chi connectivity index (χ1n) is 7.07. The molecule has 0 aliphatic carbocycles. The molecule has 0 unspecified atom stereocenters. The average Bonchev–Trinajstić information content (AvgIpc) is 2.51. The summed E-state index contributed by atoms with van der Waals surface area (Å²) in [6.45, 7) is 1.86. The van der Waals surface area contributed by atoms with Gasteiger partial charge in [0.1, 0.15) is 6.61 Å². The highest BCUT2D eigenvalue weighted by Gasteiger charge is 2.15. The summed E-state index contributed by atoms with van der Waals surface area (Å²) in [6, 6.07) is 14.1. The highest BCUT2D eigenvalue weighted by atomic mass is 32.2. The lowest BCUT2D eigenvalue weighted by Gasteiger charge is -2.07. The predicted molar refractivity (Wildman–Crippen MR) is 90.0 cm³/mol. The van der Waals surface area contributed by atoms with Crippen LogP contribution < -0.4 is 0 Å². The number of carbonyl (C=O) groups excluding carboxylic acids is 1. The van der Waals surface area contributed by atoms with Gasteiger partial charge in [-0.05, 0) is 36.3 Å². The normalized spacial score (nSPS) is 11.6. The second-order valence-corrected chi connectivity index (χ2v) is 7.18. The Hall–Kier alpha value is -2.40. The average molecular weight is 330 g/mol. The summed E-state index contributed by atoms with van der Waals surface area (Å²) < 4.78 is 28.3. The molecular formula is C18H18O4S. The molecule has 0 saturated heterocycles. The van der Waals surface area contributed by atoms with Crippen LogP contribution in [0.3, 0.4) is 0 Å². The van der Waals surface area contributed by atoms with Crippen molar-refractivity contribution in [3.8, 4) is 0 Å². The van der Waals surface area contributed by atoms with E-state index >= 15 is 0 Å². The van der Waals surface area contributed by atoms with Gasteiger partial charge in [0.25, 0.3) is 0 Å². The topological polar surface area (TPSA) is 60.4 Å². The second-order valence-electron chi connectivity index (χ2n) is 5.16. The van der Waals surface area contributed by atoms with E-state index in [1.165, 1.54) is 12.1 Å². The van der Waals surface area contributed by atoms with Gasteiger partial charge in [0.2, 0.25) is 0 Å². The summed E-state index contributed by atoms with van der Waals surface area (Å²) >= 11 is 0. The smallest absolute Gasteiger partial charge is 0.338 e. The zero-order valence-corrected chi connectivity index (χ0v) is 13.8. The van der Waals surface area contributed by atoms with Crippen molar-refractivity contribution in [3.63, 3.8) is 0 Å². The summed E-state index contributed by atoms with van der Waals surface area (Å²) in [5.41, 5.74) is 1.95. The first-order valence-corrected chi connectivity index (χ1v) is 8.96. The number of sulfone groups is 1. The summed E-state index contributed by atoms with van der Waals surface area (Å²) in [4.78, 5) is 12.2. The first kappa shape index (κ1) is 17.0. The molecule has 0 aliphatic heterocycles.